The van der Waals surface area contributed by atoms with Gasteiger partial charge in [0.1, 0.15) is 71.4 Å². The van der Waals surface area contributed by atoms with Gasteiger partial charge < -0.3 is 72.6 Å². The Bertz CT molecular complexity index is 3790. The molecular weight excluding hydrogens is 1210 g/mol. The van der Waals surface area contributed by atoms with Crippen LogP contribution in [-0.4, -0.2) is 171 Å². The summed E-state index contributed by atoms with van der Waals surface area (Å²) >= 11 is 0. The fourth-order valence-electron chi connectivity index (χ4n) is 12.2. The number of fused-ring (bicyclic) bond motifs is 29. The number of benzene rings is 4. The highest BCUT2D eigenvalue weighted by Gasteiger charge is 2.49. The lowest BCUT2D eigenvalue weighted by molar-refractivity contribution is -0.147. The Morgan fingerprint density at radius 3 is 2.08 bits per heavy atom. The molecule has 2 bridgehead atoms. The van der Waals surface area contributed by atoms with Crippen LogP contribution in [0.25, 0.3) is 21.8 Å². The summed E-state index contributed by atoms with van der Waals surface area (Å²) in [6.07, 6.45) is -0.392. The van der Waals surface area contributed by atoms with Crippen molar-refractivity contribution in [3.8, 4) is 5.75 Å². The van der Waals surface area contributed by atoms with Crippen molar-refractivity contribution in [1.82, 2.24) is 57.0 Å². The number of H-pyrrole nitrogens is 2. The van der Waals surface area contributed by atoms with Crippen molar-refractivity contribution in [3.05, 3.63) is 137 Å². The summed E-state index contributed by atoms with van der Waals surface area (Å²) in [4.78, 5) is 151. The standard InChI is InChI=1S/C66H77F3N12O12/c1-35-58(85)75-51(27-41-33-72-48-21-17-42(67)29-47(41)48)60(87)76-53(28-40-32-73-49-30-43(68)16-20-46(40)49)63(90)80-34-44(69)31-54(80)61(88)79-56(36(2)82)62(89)77-52(26-38-12-18-45(93-4)19-13-38)64(91)81-24-8-22-66(81,3)65(92)78-50(57(70)84)25-37-10-14-39(15-11-37)59(86)71-23-7-5-6-9-55(83)74-35/h10-21,29-30,32-33,35-36,44,50-54,56,72-73,82H,5-9,22-28,31,34H2,1-4H3,(H2,70,84)(H,71,86)(H,74,83)(H,75,85)(H,76,87)(H,77,89)(H,78,92)(H,79,88)/t35-,36+,44+,50+,51+,52+,53+,54+,56+,66+/m1/s1. The Balaban J connectivity index is 1.04. The van der Waals surface area contributed by atoms with E-state index in [0.29, 0.717) is 81.1 Å². The van der Waals surface area contributed by atoms with Crippen LogP contribution in [0.15, 0.2) is 97.3 Å². The Morgan fingerprint density at radius 1 is 0.710 bits per heavy atom. The van der Waals surface area contributed by atoms with Gasteiger partial charge in [-0.1, -0.05) is 30.7 Å². The van der Waals surface area contributed by atoms with Gasteiger partial charge in [0.05, 0.1) is 19.8 Å². The number of aromatic nitrogens is 2. The summed E-state index contributed by atoms with van der Waals surface area (Å²) in [7, 11) is 1.46. The molecule has 24 nitrogen and oxygen atoms in total. The second-order valence-corrected chi connectivity index (χ2v) is 24.3. The summed E-state index contributed by atoms with van der Waals surface area (Å²) in [5.74, 6) is -9.00. The van der Waals surface area contributed by atoms with Crippen LogP contribution in [0.5, 0.6) is 5.75 Å². The molecule has 6 heterocycles. The van der Waals surface area contributed by atoms with Crippen molar-refractivity contribution < 1.29 is 71.0 Å². The minimum atomic E-state index is -1.87. The van der Waals surface area contributed by atoms with Gasteiger partial charge in [-0.25, -0.2) is 13.2 Å². The lowest BCUT2D eigenvalue weighted by atomic mass is 9.94. The van der Waals surface area contributed by atoms with E-state index in [9.17, 15) is 47.4 Å². The summed E-state index contributed by atoms with van der Waals surface area (Å²) in [6, 6.07) is 9.77. The maximum absolute atomic E-state index is 16.0. The van der Waals surface area contributed by atoms with Gasteiger partial charge in [0.2, 0.25) is 53.2 Å². The molecular formula is C66H77F3N12O12. The summed E-state index contributed by atoms with van der Waals surface area (Å²) in [6.45, 7) is 3.65. The maximum Gasteiger partial charge on any atom is 0.251 e. The molecule has 0 radical (unpaired) electrons. The second kappa shape index (κ2) is 29.7. The molecule has 10 rings (SSSR count). The predicted molar refractivity (Wildman–Crippen MR) is 334 cm³/mol. The molecule has 4 aromatic carbocycles. The van der Waals surface area contributed by atoms with Gasteiger partial charge in [0.25, 0.3) is 5.91 Å². The van der Waals surface area contributed by atoms with Crippen molar-refractivity contribution in [2.45, 2.75) is 152 Å². The highest BCUT2D eigenvalue weighted by molar-refractivity contribution is 6.00. The third-order valence-electron chi connectivity index (χ3n) is 17.5. The molecule has 0 aliphatic carbocycles. The van der Waals surface area contributed by atoms with Crippen LogP contribution in [0.1, 0.15) is 98.3 Å². The van der Waals surface area contributed by atoms with Gasteiger partial charge in [0, 0.05) is 91.4 Å². The van der Waals surface area contributed by atoms with Crippen molar-refractivity contribution in [1.29, 1.82) is 0 Å². The van der Waals surface area contributed by atoms with Gasteiger partial charge in [-0.05, 0) is 129 Å². The van der Waals surface area contributed by atoms with Crippen LogP contribution in [0.4, 0.5) is 13.2 Å². The summed E-state index contributed by atoms with van der Waals surface area (Å²) in [5, 5.41) is 30.8. The molecule has 2 aromatic heterocycles. The number of halogens is 3. The number of ether oxygens (including phenoxy) is 1. The van der Waals surface area contributed by atoms with Crippen LogP contribution >= 0.6 is 0 Å². The number of nitrogens with two attached hydrogens (primary N) is 1. The molecule has 93 heavy (non-hydrogen) atoms. The molecule has 494 valence electrons. The average molecular weight is 1290 g/mol. The number of alkyl halides is 1. The molecule has 0 unspecified atom stereocenters. The van der Waals surface area contributed by atoms with Crippen LogP contribution in [0.2, 0.25) is 0 Å². The number of aliphatic hydroxyl groups is 1. The molecule has 4 aliphatic heterocycles. The van der Waals surface area contributed by atoms with Gasteiger partial charge in [0.15, 0.2) is 0 Å². The Morgan fingerprint density at radius 2 is 1.37 bits per heavy atom. The second-order valence-electron chi connectivity index (χ2n) is 24.3. The number of aliphatic hydroxyl groups excluding tert-OH is 1. The largest absolute Gasteiger partial charge is 0.497 e. The van der Waals surface area contributed by atoms with Crippen LogP contribution < -0.4 is 47.7 Å². The molecule has 10 atom stereocenters. The highest BCUT2D eigenvalue weighted by Crippen LogP contribution is 2.32. The highest BCUT2D eigenvalue weighted by atomic mass is 19.1. The summed E-state index contributed by atoms with van der Waals surface area (Å²) in [5.41, 5.74) is 7.11. The number of amides is 10. The normalized spacial score (nSPS) is 25.3. The Hall–Kier alpha value is -9.79. The maximum atomic E-state index is 16.0. The summed E-state index contributed by atoms with van der Waals surface area (Å²) < 4.78 is 50.6. The Kier molecular flexibility index (Phi) is 21.6. The number of carbonyl (C=O) groups is 10. The smallest absolute Gasteiger partial charge is 0.251 e. The number of primary amides is 1. The van der Waals surface area contributed by atoms with E-state index in [0.717, 1.165) is 4.90 Å². The number of nitrogens with zero attached hydrogens (tertiary/aromatic N) is 2. The van der Waals surface area contributed by atoms with Crippen molar-refractivity contribution in [2.24, 2.45) is 5.73 Å². The Labute approximate surface area is 533 Å². The monoisotopic (exact) mass is 1290 g/mol. The quantitative estimate of drug-likeness (QED) is 0.0932. The van der Waals surface area contributed by atoms with Crippen LogP contribution in [-0.2, 0) is 68.8 Å². The number of aromatic amines is 2. The first-order chi connectivity index (χ1) is 44.4. The van der Waals surface area contributed by atoms with Crippen molar-refractivity contribution in [2.75, 3.05) is 26.7 Å². The van der Waals surface area contributed by atoms with E-state index in [1.54, 1.807) is 48.5 Å². The number of carbonyl (C=O) groups excluding carboxylic acids is 10. The van der Waals surface area contributed by atoms with Gasteiger partial charge in [-0.15, -0.1) is 0 Å². The molecule has 10 amide bonds. The number of methoxy groups -OCH3 is 1. The average Bonchev–Trinajstić information content (AvgIpc) is 1.73. The van der Waals surface area contributed by atoms with Gasteiger partial charge >= 0.3 is 0 Å². The lowest BCUT2D eigenvalue weighted by Gasteiger charge is -2.37. The van der Waals surface area contributed by atoms with E-state index in [1.807, 2.05) is 0 Å². The minimum absolute atomic E-state index is 0.0154. The van der Waals surface area contributed by atoms with Gasteiger partial charge in [-0.2, -0.15) is 0 Å². The molecule has 2 saturated heterocycles. The van der Waals surface area contributed by atoms with E-state index in [-0.39, 0.29) is 51.6 Å². The van der Waals surface area contributed by atoms with E-state index < -0.39 is 144 Å². The van der Waals surface area contributed by atoms with Crippen molar-refractivity contribution >= 4 is 80.9 Å². The zero-order valence-corrected chi connectivity index (χ0v) is 51.9. The first-order valence-corrected chi connectivity index (χ1v) is 31.0. The first-order valence-electron chi connectivity index (χ1n) is 31.0. The van der Waals surface area contributed by atoms with E-state index in [2.05, 4.69) is 47.2 Å². The predicted octanol–water partition coefficient (Wildman–Crippen LogP) is 2.63. The van der Waals surface area contributed by atoms with E-state index >= 15 is 18.8 Å². The topological polar surface area (TPSA) is 348 Å². The SMILES string of the molecule is COc1ccc(C[C@@H]2NC(=O)[C@H]([C@H](C)O)NC(=O)[C@@H]3C[C@H](F)CN3C(=O)[C@H](Cc3c[nH]c4cc(F)ccc34)NC(=O)[C@H](Cc3c[nH]c4ccc(F)cc34)NC(=O)[C@@H](C)NC(=O)CCCCCNC(=O)c3ccc(cc3)C[C@@H](C(N)=O)NC(=O)[C@]3(C)CCCN3C2=O)cc1. The molecule has 2 fully saturated rings. The van der Waals surface area contributed by atoms with Gasteiger partial charge in [-0.3, -0.25) is 47.9 Å². The molecule has 6 aromatic rings. The number of hydrogen-bond acceptors (Lipinski definition) is 12. The fourth-order valence-corrected chi connectivity index (χ4v) is 12.2. The molecule has 4 aliphatic rings. The molecule has 0 saturated carbocycles. The minimum Gasteiger partial charge on any atom is -0.497 e. The number of nitrogens with one attached hydrogen (secondary N) is 9. The van der Waals surface area contributed by atoms with E-state index in [1.165, 1.54) is 81.6 Å². The fraction of sp³-hybridized carbons (Fsp3) is 0.424. The van der Waals surface area contributed by atoms with Crippen LogP contribution in [0.3, 0.4) is 0 Å². The number of hydrogen-bond donors (Lipinski definition) is 11. The van der Waals surface area contributed by atoms with Crippen LogP contribution in [0, 0.1) is 11.6 Å². The van der Waals surface area contributed by atoms with E-state index in [4.69, 9.17) is 10.5 Å². The third kappa shape index (κ3) is 16.3. The zero-order chi connectivity index (χ0) is 66.8. The zero-order valence-electron chi connectivity index (χ0n) is 51.9. The lowest BCUT2D eigenvalue weighted by Crippen LogP contribution is -2.64. The molecule has 0 spiro atoms. The molecule has 27 heteroatoms. The first kappa shape index (κ1) is 67.6. The third-order valence-corrected chi connectivity index (χ3v) is 17.5. The van der Waals surface area contributed by atoms with Crippen molar-refractivity contribution in [3.63, 3.8) is 0 Å². The number of rotatable bonds is 9. The molecule has 12 N–H and O–H groups in total.